The third-order valence-corrected chi connectivity index (χ3v) is 7.56. The lowest BCUT2D eigenvalue weighted by molar-refractivity contribution is -0.137. The SMILES string of the molecule is C[C@H](Cc1ccc(S(=O)(=O)c2ccc(C(F)(F)F)cc2C(=O)O)cc1)NC[C@@H](O)c1cccc(Cl)c1.Cl. The molecule has 2 atom stereocenters. The molecule has 0 spiro atoms. The van der Waals surface area contributed by atoms with Crippen LogP contribution in [-0.4, -0.2) is 37.2 Å². The molecule has 0 saturated carbocycles. The van der Waals surface area contributed by atoms with Crippen molar-refractivity contribution >= 4 is 39.8 Å². The number of hydrogen-bond acceptors (Lipinski definition) is 5. The van der Waals surface area contributed by atoms with Gasteiger partial charge in [-0.2, -0.15) is 13.2 Å². The average Bonchev–Trinajstić information content (AvgIpc) is 2.82. The summed E-state index contributed by atoms with van der Waals surface area (Å²) in [6.07, 6.45) is -5.10. The number of carbonyl (C=O) groups is 1. The molecule has 37 heavy (non-hydrogen) atoms. The van der Waals surface area contributed by atoms with Crippen molar-refractivity contribution in [1.82, 2.24) is 5.32 Å². The summed E-state index contributed by atoms with van der Waals surface area (Å²) in [4.78, 5) is 10.5. The Balaban J connectivity index is 0.00000481. The first-order valence-electron chi connectivity index (χ1n) is 10.7. The highest BCUT2D eigenvalue weighted by Gasteiger charge is 2.34. The molecule has 0 unspecified atom stereocenters. The van der Waals surface area contributed by atoms with Crippen molar-refractivity contribution in [2.45, 2.75) is 41.5 Å². The van der Waals surface area contributed by atoms with Gasteiger partial charge in [-0.05, 0) is 66.9 Å². The monoisotopic (exact) mass is 577 g/mol. The Kier molecular flexibility index (Phi) is 10.2. The molecule has 0 aliphatic rings. The van der Waals surface area contributed by atoms with Crippen LogP contribution >= 0.6 is 24.0 Å². The molecule has 0 bridgehead atoms. The molecule has 3 N–H and O–H groups in total. The van der Waals surface area contributed by atoms with Crippen molar-refractivity contribution in [3.63, 3.8) is 0 Å². The molecular weight excluding hydrogens is 554 g/mol. The summed E-state index contributed by atoms with van der Waals surface area (Å²) in [5.41, 5.74) is -0.779. The summed E-state index contributed by atoms with van der Waals surface area (Å²) in [5.74, 6) is -1.78. The topological polar surface area (TPSA) is 104 Å². The van der Waals surface area contributed by atoms with Crippen LogP contribution in [0.15, 0.2) is 76.5 Å². The molecule has 0 aromatic heterocycles. The van der Waals surface area contributed by atoms with E-state index in [-0.39, 0.29) is 29.9 Å². The molecule has 3 aromatic carbocycles. The van der Waals surface area contributed by atoms with E-state index in [9.17, 15) is 36.6 Å². The van der Waals surface area contributed by atoms with E-state index in [0.717, 1.165) is 5.56 Å². The third-order valence-electron chi connectivity index (χ3n) is 5.50. The molecule has 6 nitrogen and oxygen atoms in total. The van der Waals surface area contributed by atoms with Crippen LogP contribution in [-0.2, 0) is 22.4 Å². The number of aliphatic hydroxyl groups excluding tert-OH is 1. The van der Waals surface area contributed by atoms with E-state index < -0.39 is 44.1 Å². The standard InChI is InChI=1S/C25H23ClF3NO5S.ClH/c1-15(30-14-22(31)17-3-2-4-19(26)12-17)11-16-5-8-20(9-6-16)36(34,35)23-10-7-18(25(27,28)29)13-21(23)24(32)33;/h2-10,12-13,15,22,30-31H,11,14H2,1H3,(H,32,33);1H/t15-,22-;/m1./s1. The zero-order chi connectivity index (χ0) is 26.7. The maximum atomic E-state index is 13.0. The highest BCUT2D eigenvalue weighted by Crippen LogP contribution is 2.33. The molecule has 12 heteroatoms. The van der Waals surface area contributed by atoms with Crippen LogP contribution in [0.3, 0.4) is 0 Å². The van der Waals surface area contributed by atoms with Gasteiger partial charge >= 0.3 is 12.1 Å². The lowest BCUT2D eigenvalue weighted by Gasteiger charge is -2.18. The molecule has 0 saturated heterocycles. The van der Waals surface area contributed by atoms with E-state index >= 15 is 0 Å². The Morgan fingerprint density at radius 3 is 2.27 bits per heavy atom. The van der Waals surface area contributed by atoms with Crippen molar-refractivity contribution in [2.75, 3.05) is 6.54 Å². The number of aliphatic hydroxyl groups is 1. The maximum Gasteiger partial charge on any atom is 0.416 e. The fraction of sp³-hybridized carbons (Fsp3) is 0.240. The first-order chi connectivity index (χ1) is 16.8. The highest BCUT2D eigenvalue weighted by atomic mass is 35.5. The molecule has 0 amide bonds. The summed E-state index contributed by atoms with van der Waals surface area (Å²) in [7, 11) is -4.39. The zero-order valence-electron chi connectivity index (χ0n) is 19.4. The number of halogens is 5. The van der Waals surface area contributed by atoms with Crippen molar-refractivity contribution in [3.05, 3.63) is 94.0 Å². The Morgan fingerprint density at radius 2 is 1.70 bits per heavy atom. The van der Waals surface area contributed by atoms with Gasteiger partial charge in [0, 0.05) is 17.6 Å². The lowest BCUT2D eigenvalue weighted by Crippen LogP contribution is -2.32. The predicted molar refractivity (Wildman–Crippen MR) is 135 cm³/mol. The van der Waals surface area contributed by atoms with Gasteiger partial charge in [-0.3, -0.25) is 0 Å². The number of hydrogen-bond donors (Lipinski definition) is 3. The smallest absolute Gasteiger partial charge is 0.416 e. The van der Waals surface area contributed by atoms with Crippen molar-refractivity contribution in [1.29, 1.82) is 0 Å². The molecule has 0 aliphatic carbocycles. The molecule has 0 heterocycles. The summed E-state index contributed by atoms with van der Waals surface area (Å²) < 4.78 is 64.9. The molecule has 0 aliphatic heterocycles. The third kappa shape index (κ3) is 7.68. The van der Waals surface area contributed by atoms with Crippen LogP contribution in [0.25, 0.3) is 0 Å². The van der Waals surface area contributed by atoms with Crippen molar-refractivity contribution in [3.8, 4) is 0 Å². The Labute approximate surface area is 223 Å². The van der Waals surface area contributed by atoms with Gasteiger partial charge in [0.2, 0.25) is 9.84 Å². The molecule has 0 fully saturated rings. The first-order valence-corrected chi connectivity index (χ1v) is 12.6. The minimum Gasteiger partial charge on any atom is -0.478 e. The van der Waals surface area contributed by atoms with Crippen LogP contribution in [0.1, 0.15) is 40.1 Å². The lowest BCUT2D eigenvalue weighted by atomic mass is 10.1. The molecule has 3 rings (SSSR count). The largest absolute Gasteiger partial charge is 0.478 e. The second kappa shape index (κ2) is 12.3. The summed E-state index contributed by atoms with van der Waals surface area (Å²) in [6, 6.07) is 13.9. The van der Waals surface area contributed by atoms with Crippen molar-refractivity contribution < 1.29 is 36.6 Å². The molecule has 3 aromatic rings. The van der Waals surface area contributed by atoms with E-state index in [1.54, 1.807) is 36.4 Å². The van der Waals surface area contributed by atoms with Crippen LogP contribution in [0, 0.1) is 0 Å². The second-order valence-corrected chi connectivity index (χ2v) is 10.6. The summed E-state index contributed by atoms with van der Waals surface area (Å²) in [5, 5.41) is 23.4. The molecule has 200 valence electrons. The minimum absolute atomic E-state index is 0. The van der Waals surface area contributed by atoms with Gasteiger partial charge in [0.1, 0.15) is 0 Å². The first kappa shape index (κ1) is 30.6. The van der Waals surface area contributed by atoms with Gasteiger partial charge in [0.25, 0.3) is 0 Å². The predicted octanol–water partition coefficient (Wildman–Crippen LogP) is 5.57. The van der Waals surface area contributed by atoms with E-state index in [1.165, 1.54) is 12.1 Å². The van der Waals surface area contributed by atoms with E-state index in [1.807, 2.05) is 6.92 Å². The van der Waals surface area contributed by atoms with Gasteiger partial charge in [0.15, 0.2) is 0 Å². The minimum atomic E-state index is -4.82. The molecular formula is C25H24Cl2F3NO5S. The van der Waals surface area contributed by atoms with E-state index in [2.05, 4.69) is 5.32 Å². The number of nitrogens with one attached hydrogen (secondary N) is 1. The van der Waals surface area contributed by atoms with Crippen LogP contribution < -0.4 is 5.32 Å². The average molecular weight is 578 g/mol. The Morgan fingerprint density at radius 1 is 1.05 bits per heavy atom. The fourth-order valence-electron chi connectivity index (χ4n) is 3.61. The quantitative estimate of drug-likeness (QED) is 0.307. The number of aromatic carboxylic acids is 1. The number of sulfone groups is 1. The zero-order valence-corrected chi connectivity index (χ0v) is 21.8. The molecule has 0 radical (unpaired) electrons. The Hall–Kier alpha value is -2.63. The highest BCUT2D eigenvalue weighted by molar-refractivity contribution is 7.91. The van der Waals surface area contributed by atoms with E-state index in [4.69, 9.17) is 11.6 Å². The normalized spacial score (nSPS) is 13.5. The summed E-state index contributed by atoms with van der Waals surface area (Å²) in [6.45, 7) is 2.15. The Bertz CT molecular complexity index is 1350. The fourth-order valence-corrected chi connectivity index (χ4v) is 5.24. The second-order valence-electron chi connectivity index (χ2n) is 8.25. The maximum absolute atomic E-state index is 13.0. The number of carboxylic acid groups (broad SMARTS) is 1. The number of rotatable bonds is 9. The van der Waals surface area contributed by atoms with Crippen molar-refractivity contribution in [2.24, 2.45) is 0 Å². The van der Waals surface area contributed by atoms with Gasteiger partial charge in [0.05, 0.1) is 27.0 Å². The van der Waals surface area contributed by atoms with Crippen LogP contribution in [0.4, 0.5) is 13.2 Å². The number of carboxylic acids is 1. The van der Waals surface area contributed by atoms with E-state index in [0.29, 0.717) is 35.2 Å². The van der Waals surface area contributed by atoms with Gasteiger partial charge in [-0.25, -0.2) is 13.2 Å². The van der Waals surface area contributed by atoms with Crippen LogP contribution in [0.2, 0.25) is 5.02 Å². The van der Waals surface area contributed by atoms with Crippen LogP contribution in [0.5, 0.6) is 0 Å². The van der Waals surface area contributed by atoms with Gasteiger partial charge < -0.3 is 15.5 Å². The van der Waals surface area contributed by atoms with Gasteiger partial charge in [-0.15, -0.1) is 12.4 Å². The van der Waals surface area contributed by atoms with Gasteiger partial charge in [-0.1, -0.05) is 35.9 Å². The number of benzene rings is 3. The number of alkyl halides is 3. The summed E-state index contributed by atoms with van der Waals surface area (Å²) >= 11 is 5.94.